The van der Waals surface area contributed by atoms with Gasteiger partial charge in [-0.3, -0.25) is 14.4 Å². The van der Waals surface area contributed by atoms with Crippen LogP contribution in [0.5, 0.6) is 0 Å². The number of amides is 3. The summed E-state index contributed by atoms with van der Waals surface area (Å²) in [6, 6.07) is 13.0. The van der Waals surface area contributed by atoms with Crippen molar-refractivity contribution in [2.24, 2.45) is 5.92 Å². The van der Waals surface area contributed by atoms with Crippen LogP contribution in [-0.4, -0.2) is 48.8 Å². The van der Waals surface area contributed by atoms with Crippen molar-refractivity contribution in [3.05, 3.63) is 69.2 Å². The molecule has 1 unspecified atom stereocenters. The summed E-state index contributed by atoms with van der Waals surface area (Å²) >= 11 is 3.35. The Balaban J connectivity index is 1.47. The highest BCUT2D eigenvalue weighted by Crippen LogP contribution is 2.20. The van der Waals surface area contributed by atoms with E-state index in [1.807, 2.05) is 38.1 Å². The van der Waals surface area contributed by atoms with Gasteiger partial charge in [-0.1, -0.05) is 39.2 Å². The third-order valence-corrected chi connectivity index (χ3v) is 5.84. The van der Waals surface area contributed by atoms with Gasteiger partial charge in [0.2, 0.25) is 5.91 Å². The van der Waals surface area contributed by atoms with Crippen LogP contribution in [0, 0.1) is 19.8 Å². The van der Waals surface area contributed by atoms with Crippen LogP contribution >= 0.6 is 15.9 Å². The lowest BCUT2D eigenvalue weighted by molar-refractivity contribution is -0.126. The Morgan fingerprint density at radius 3 is 2.42 bits per heavy atom. The summed E-state index contributed by atoms with van der Waals surface area (Å²) in [5.41, 5.74) is 3.35. The molecule has 1 fully saturated rings. The maximum absolute atomic E-state index is 12.9. The number of nitrogens with one attached hydrogen (secondary N) is 2. The van der Waals surface area contributed by atoms with Gasteiger partial charge in [-0.05, 0) is 57.0 Å². The highest BCUT2D eigenvalue weighted by molar-refractivity contribution is 9.10. The Labute approximate surface area is 191 Å². The van der Waals surface area contributed by atoms with Gasteiger partial charge in [-0.15, -0.1) is 0 Å². The summed E-state index contributed by atoms with van der Waals surface area (Å²) in [6.45, 7) is 5.73. The molecule has 1 aliphatic heterocycles. The second kappa shape index (κ2) is 10.6. The van der Waals surface area contributed by atoms with E-state index in [2.05, 4.69) is 26.6 Å². The molecule has 0 spiro atoms. The number of carbonyl (C=O) groups excluding carboxylic acids is 3. The quantitative estimate of drug-likeness (QED) is 0.614. The van der Waals surface area contributed by atoms with E-state index in [0.717, 1.165) is 28.4 Å². The van der Waals surface area contributed by atoms with Crippen LogP contribution in [0.2, 0.25) is 0 Å². The first-order chi connectivity index (χ1) is 14.8. The van der Waals surface area contributed by atoms with E-state index >= 15 is 0 Å². The molecule has 1 heterocycles. The van der Waals surface area contributed by atoms with Gasteiger partial charge in [-0.25, -0.2) is 0 Å². The fourth-order valence-corrected chi connectivity index (χ4v) is 4.29. The first kappa shape index (κ1) is 23.0. The van der Waals surface area contributed by atoms with Crippen molar-refractivity contribution in [2.75, 3.05) is 26.2 Å². The zero-order chi connectivity index (χ0) is 22.4. The Kier molecular flexibility index (Phi) is 7.85. The second-order valence-electron chi connectivity index (χ2n) is 8.02. The van der Waals surface area contributed by atoms with Gasteiger partial charge in [0.25, 0.3) is 11.8 Å². The lowest BCUT2D eigenvalue weighted by Gasteiger charge is -2.32. The summed E-state index contributed by atoms with van der Waals surface area (Å²) < 4.78 is 0.839. The number of halogens is 1. The van der Waals surface area contributed by atoms with Crippen molar-refractivity contribution in [2.45, 2.75) is 26.7 Å². The Morgan fingerprint density at radius 2 is 1.71 bits per heavy atom. The molecule has 3 amide bonds. The molecule has 164 valence electrons. The molecule has 3 rings (SSSR count). The largest absolute Gasteiger partial charge is 0.354 e. The van der Waals surface area contributed by atoms with Crippen LogP contribution in [0.3, 0.4) is 0 Å². The number of benzene rings is 2. The van der Waals surface area contributed by atoms with Crippen LogP contribution in [0.15, 0.2) is 46.9 Å². The molecule has 1 saturated heterocycles. The van der Waals surface area contributed by atoms with Crippen molar-refractivity contribution in [3.8, 4) is 0 Å². The van der Waals surface area contributed by atoms with Crippen LogP contribution in [0.4, 0.5) is 0 Å². The van der Waals surface area contributed by atoms with Gasteiger partial charge in [0, 0.05) is 41.8 Å². The van der Waals surface area contributed by atoms with Crippen LogP contribution in [0.1, 0.15) is 44.7 Å². The number of hydrogen-bond acceptors (Lipinski definition) is 3. The normalized spacial score (nSPS) is 16.0. The predicted molar refractivity (Wildman–Crippen MR) is 124 cm³/mol. The number of aryl methyl sites for hydroxylation is 2. The molecule has 0 aliphatic carbocycles. The van der Waals surface area contributed by atoms with Gasteiger partial charge in [0.05, 0.1) is 5.92 Å². The molecule has 2 aromatic carbocycles. The van der Waals surface area contributed by atoms with Crippen LogP contribution in [0.25, 0.3) is 0 Å². The fraction of sp³-hybridized carbons (Fsp3) is 0.375. The van der Waals surface area contributed by atoms with Gasteiger partial charge in [-0.2, -0.15) is 0 Å². The number of hydrogen-bond donors (Lipinski definition) is 2. The van der Waals surface area contributed by atoms with Crippen LogP contribution < -0.4 is 10.6 Å². The van der Waals surface area contributed by atoms with Crippen molar-refractivity contribution in [3.63, 3.8) is 0 Å². The third-order valence-electron chi connectivity index (χ3n) is 5.34. The number of likely N-dealkylation sites (tertiary alicyclic amines) is 1. The molecule has 0 radical (unpaired) electrons. The van der Waals surface area contributed by atoms with E-state index in [4.69, 9.17) is 0 Å². The topological polar surface area (TPSA) is 78.5 Å². The Hall–Kier alpha value is -2.67. The Morgan fingerprint density at radius 1 is 1.00 bits per heavy atom. The van der Waals surface area contributed by atoms with E-state index in [0.29, 0.717) is 37.3 Å². The minimum absolute atomic E-state index is 0.0226. The average molecular weight is 486 g/mol. The Bertz CT molecular complexity index is 956. The average Bonchev–Trinajstić information content (AvgIpc) is 2.75. The maximum Gasteiger partial charge on any atom is 0.253 e. The SMILES string of the molecule is Cc1cc(C)cc(C(=O)N2CCCC(C(=O)NCCNC(=O)c3cccc(Br)c3)C2)c1. The molecule has 1 atom stereocenters. The molecule has 0 aromatic heterocycles. The third kappa shape index (κ3) is 6.40. The fourth-order valence-electron chi connectivity index (χ4n) is 3.89. The highest BCUT2D eigenvalue weighted by atomic mass is 79.9. The second-order valence-corrected chi connectivity index (χ2v) is 8.94. The highest BCUT2D eigenvalue weighted by Gasteiger charge is 2.28. The van der Waals surface area contributed by atoms with Crippen molar-refractivity contribution in [1.29, 1.82) is 0 Å². The van der Waals surface area contributed by atoms with Gasteiger partial charge in [0.1, 0.15) is 0 Å². The number of carbonyl (C=O) groups is 3. The molecule has 0 bridgehead atoms. The molecular weight excluding hydrogens is 458 g/mol. The lowest BCUT2D eigenvalue weighted by Crippen LogP contribution is -2.46. The molecule has 2 N–H and O–H groups in total. The zero-order valence-electron chi connectivity index (χ0n) is 17.9. The maximum atomic E-state index is 12.9. The van der Waals surface area contributed by atoms with Crippen molar-refractivity contribution >= 4 is 33.7 Å². The first-order valence-electron chi connectivity index (χ1n) is 10.5. The van der Waals surface area contributed by atoms with Gasteiger partial charge < -0.3 is 15.5 Å². The number of piperidine rings is 1. The monoisotopic (exact) mass is 485 g/mol. The van der Waals surface area contributed by atoms with E-state index in [9.17, 15) is 14.4 Å². The van der Waals surface area contributed by atoms with Gasteiger partial charge >= 0.3 is 0 Å². The summed E-state index contributed by atoms with van der Waals surface area (Å²) in [4.78, 5) is 39.4. The number of nitrogens with zero attached hydrogens (tertiary/aromatic N) is 1. The molecular formula is C24H28BrN3O3. The number of rotatable bonds is 6. The van der Waals surface area contributed by atoms with E-state index in [-0.39, 0.29) is 23.6 Å². The predicted octanol–water partition coefficient (Wildman–Crippen LogP) is 3.46. The zero-order valence-corrected chi connectivity index (χ0v) is 19.5. The molecule has 0 saturated carbocycles. The minimum Gasteiger partial charge on any atom is -0.354 e. The lowest BCUT2D eigenvalue weighted by atomic mass is 9.96. The van der Waals surface area contributed by atoms with E-state index in [1.165, 1.54) is 0 Å². The van der Waals surface area contributed by atoms with Crippen LogP contribution in [-0.2, 0) is 4.79 Å². The molecule has 7 heteroatoms. The molecule has 2 aromatic rings. The molecule has 6 nitrogen and oxygen atoms in total. The van der Waals surface area contributed by atoms with Gasteiger partial charge in [0.15, 0.2) is 0 Å². The summed E-state index contributed by atoms with van der Waals surface area (Å²) in [5, 5.41) is 5.69. The first-order valence-corrected chi connectivity index (χ1v) is 11.3. The van der Waals surface area contributed by atoms with Crippen molar-refractivity contribution in [1.82, 2.24) is 15.5 Å². The molecule has 31 heavy (non-hydrogen) atoms. The summed E-state index contributed by atoms with van der Waals surface area (Å²) in [7, 11) is 0. The summed E-state index contributed by atoms with van der Waals surface area (Å²) in [5.74, 6) is -0.511. The molecule has 1 aliphatic rings. The van der Waals surface area contributed by atoms with Crippen molar-refractivity contribution < 1.29 is 14.4 Å². The smallest absolute Gasteiger partial charge is 0.253 e. The van der Waals surface area contributed by atoms with E-state index in [1.54, 1.807) is 23.1 Å². The summed E-state index contributed by atoms with van der Waals surface area (Å²) in [6.07, 6.45) is 1.56. The van der Waals surface area contributed by atoms with E-state index < -0.39 is 0 Å². The minimum atomic E-state index is -0.232. The standard InChI is InChI=1S/C24H28BrN3O3/c1-16-11-17(2)13-20(12-16)24(31)28-10-4-6-19(15-28)23(30)27-9-8-26-22(29)18-5-3-7-21(25)14-18/h3,5,7,11-14,19H,4,6,8-10,15H2,1-2H3,(H,26,29)(H,27,30).